The number of amides is 1. The van der Waals surface area contributed by atoms with Gasteiger partial charge in [-0.05, 0) is 56.5 Å². The third kappa shape index (κ3) is 4.00. The van der Waals surface area contributed by atoms with Gasteiger partial charge >= 0.3 is 0 Å². The standard InChI is InChI=1S/C23H25FN4O3S/c1-15(18-8-10-20(24)11-9-18)25-22(29)14-27-17(3)23(16(2)26-27)32(30,31)28-13-12-19-6-4-5-7-21(19)28/h4-11,15H,12-14H2,1-3H3,(H,25,29)/t15-/m1/s1. The number of carbonyl (C=O) groups is 1. The number of aromatic nitrogens is 2. The maximum atomic E-state index is 13.5. The number of sulfonamides is 1. The van der Waals surface area contributed by atoms with Crippen LogP contribution in [0.2, 0.25) is 0 Å². The van der Waals surface area contributed by atoms with Crippen LogP contribution in [-0.2, 0) is 27.8 Å². The third-order valence-corrected chi connectivity index (χ3v) is 7.81. The second-order valence-corrected chi connectivity index (χ2v) is 9.75. The molecule has 1 aliphatic heterocycles. The highest BCUT2D eigenvalue weighted by atomic mass is 32.2. The summed E-state index contributed by atoms with van der Waals surface area (Å²) in [6.45, 7) is 5.35. The molecule has 2 aromatic carbocycles. The molecule has 168 valence electrons. The number of para-hydroxylation sites is 1. The number of fused-ring (bicyclic) bond motifs is 1. The van der Waals surface area contributed by atoms with Gasteiger partial charge < -0.3 is 5.32 Å². The smallest absolute Gasteiger partial charge is 0.268 e. The predicted molar refractivity (Wildman–Crippen MR) is 119 cm³/mol. The van der Waals surface area contributed by atoms with E-state index < -0.39 is 10.0 Å². The molecule has 2 heterocycles. The number of hydrogen-bond acceptors (Lipinski definition) is 4. The summed E-state index contributed by atoms with van der Waals surface area (Å²) in [5, 5.41) is 7.18. The second-order valence-electron chi connectivity index (χ2n) is 7.95. The first kappa shape index (κ1) is 22.0. The van der Waals surface area contributed by atoms with E-state index in [0.717, 1.165) is 11.1 Å². The Kier molecular flexibility index (Phi) is 5.77. The topological polar surface area (TPSA) is 84.3 Å². The van der Waals surface area contributed by atoms with Gasteiger partial charge in [0, 0.05) is 6.54 Å². The minimum absolute atomic E-state index is 0.121. The Hall–Kier alpha value is -3.20. The lowest BCUT2D eigenvalue weighted by Crippen LogP contribution is -2.31. The van der Waals surface area contributed by atoms with E-state index in [1.165, 1.54) is 21.1 Å². The summed E-state index contributed by atoms with van der Waals surface area (Å²) in [6.07, 6.45) is 0.658. The van der Waals surface area contributed by atoms with Gasteiger partial charge in [0.2, 0.25) is 5.91 Å². The molecule has 0 unspecified atom stereocenters. The molecule has 1 N–H and O–H groups in total. The van der Waals surface area contributed by atoms with Crippen LogP contribution in [0.4, 0.5) is 10.1 Å². The van der Waals surface area contributed by atoms with Crippen LogP contribution in [0.15, 0.2) is 53.4 Å². The number of hydrogen-bond donors (Lipinski definition) is 1. The van der Waals surface area contributed by atoms with Gasteiger partial charge in [0.25, 0.3) is 10.0 Å². The van der Waals surface area contributed by atoms with Gasteiger partial charge in [0.1, 0.15) is 17.3 Å². The first-order valence-electron chi connectivity index (χ1n) is 10.4. The van der Waals surface area contributed by atoms with E-state index in [2.05, 4.69) is 10.4 Å². The fraction of sp³-hybridized carbons (Fsp3) is 0.304. The van der Waals surface area contributed by atoms with Crippen LogP contribution in [0.5, 0.6) is 0 Å². The molecule has 0 spiro atoms. The maximum Gasteiger partial charge on any atom is 0.268 e. The lowest BCUT2D eigenvalue weighted by Gasteiger charge is -2.20. The van der Waals surface area contributed by atoms with Crippen LogP contribution in [0, 0.1) is 19.7 Å². The molecule has 1 aliphatic rings. The summed E-state index contributed by atoms with van der Waals surface area (Å²) in [5.74, 6) is -0.660. The van der Waals surface area contributed by atoms with Gasteiger partial charge in [0.15, 0.2) is 0 Å². The van der Waals surface area contributed by atoms with Crippen molar-refractivity contribution in [3.05, 3.63) is 76.9 Å². The van der Waals surface area contributed by atoms with Gasteiger partial charge in [0.05, 0.1) is 23.1 Å². The number of benzene rings is 2. The summed E-state index contributed by atoms with van der Waals surface area (Å²) in [5.41, 5.74) is 3.21. The van der Waals surface area contributed by atoms with E-state index in [-0.39, 0.29) is 29.2 Å². The number of nitrogens with one attached hydrogen (secondary N) is 1. The van der Waals surface area contributed by atoms with Crippen molar-refractivity contribution in [3.63, 3.8) is 0 Å². The number of halogens is 1. The lowest BCUT2D eigenvalue weighted by molar-refractivity contribution is -0.122. The summed E-state index contributed by atoms with van der Waals surface area (Å²) >= 11 is 0. The van der Waals surface area contributed by atoms with E-state index in [0.29, 0.717) is 30.0 Å². The van der Waals surface area contributed by atoms with Crippen molar-refractivity contribution < 1.29 is 17.6 Å². The summed E-state index contributed by atoms with van der Waals surface area (Å²) in [6, 6.07) is 13.0. The number of rotatable bonds is 6. The van der Waals surface area contributed by atoms with Crippen LogP contribution >= 0.6 is 0 Å². The average Bonchev–Trinajstić information content (AvgIpc) is 3.30. The van der Waals surface area contributed by atoms with Crippen LogP contribution in [-0.4, -0.2) is 30.7 Å². The zero-order valence-electron chi connectivity index (χ0n) is 18.2. The molecule has 0 saturated heterocycles. The quantitative estimate of drug-likeness (QED) is 0.617. The molecule has 0 fully saturated rings. The van der Waals surface area contributed by atoms with E-state index in [1.54, 1.807) is 39.0 Å². The highest BCUT2D eigenvalue weighted by molar-refractivity contribution is 7.93. The molecular weight excluding hydrogens is 431 g/mol. The Morgan fingerprint density at radius 1 is 1.16 bits per heavy atom. The lowest BCUT2D eigenvalue weighted by atomic mass is 10.1. The monoisotopic (exact) mass is 456 g/mol. The largest absolute Gasteiger partial charge is 0.348 e. The van der Waals surface area contributed by atoms with Crippen molar-refractivity contribution in [2.24, 2.45) is 0 Å². The highest BCUT2D eigenvalue weighted by Crippen LogP contribution is 2.34. The van der Waals surface area contributed by atoms with Gasteiger partial charge in [-0.15, -0.1) is 0 Å². The number of anilines is 1. The van der Waals surface area contributed by atoms with Crippen molar-refractivity contribution >= 4 is 21.6 Å². The molecular formula is C23H25FN4O3S. The Morgan fingerprint density at radius 2 is 1.84 bits per heavy atom. The van der Waals surface area contributed by atoms with E-state index >= 15 is 0 Å². The zero-order valence-corrected chi connectivity index (χ0v) is 19.0. The fourth-order valence-corrected chi connectivity index (χ4v) is 6.02. The van der Waals surface area contributed by atoms with Crippen molar-refractivity contribution in [3.8, 4) is 0 Å². The van der Waals surface area contributed by atoms with Crippen LogP contribution in [0.25, 0.3) is 0 Å². The summed E-state index contributed by atoms with van der Waals surface area (Å²) < 4.78 is 42.9. The Morgan fingerprint density at radius 3 is 2.56 bits per heavy atom. The van der Waals surface area contributed by atoms with Crippen LogP contribution in [0.3, 0.4) is 0 Å². The first-order chi connectivity index (χ1) is 15.2. The number of carbonyl (C=O) groups excluding carboxylic acids is 1. The molecule has 1 atom stereocenters. The zero-order chi connectivity index (χ0) is 23.0. The SMILES string of the molecule is Cc1nn(CC(=O)N[C@H](C)c2ccc(F)cc2)c(C)c1S(=O)(=O)N1CCc2ccccc21. The van der Waals surface area contributed by atoms with Gasteiger partial charge in [-0.25, -0.2) is 12.8 Å². The van der Waals surface area contributed by atoms with E-state index in [4.69, 9.17) is 0 Å². The second kappa shape index (κ2) is 8.38. The van der Waals surface area contributed by atoms with E-state index in [9.17, 15) is 17.6 Å². The van der Waals surface area contributed by atoms with E-state index in [1.807, 2.05) is 18.2 Å². The minimum atomic E-state index is -3.82. The number of aryl methyl sites for hydroxylation is 1. The Labute approximate surface area is 186 Å². The van der Waals surface area contributed by atoms with Gasteiger partial charge in [-0.1, -0.05) is 30.3 Å². The first-order valence-corrected chi connectivity index (χ1v) is 11.8. The average molecular weight is 457 g/mol. The molecule has 0 radical (unpaired) electrons. The van der Waals surface area contributed by atoms with Crippen molar-refractivity contribution in [2.75, 3.05) is 10.8 Å². The molecule has 9 heteroatoms. The molecule has 32 heavy (non-hydrogen) atoms. The normalized spacial score (nSPS) is 14.3. The predicted octanol–water partition coefficient (Wildman–Crippen LogP) is 3.27. The van der Waals surface area contributed by atoms with Gasteiger partial charge in [-0.2, -0.15) is 5.10 Å². The molecule has 0 aliphatic carbocycles. The summed E-state index contributed by atoms with van der Waals surface area (Å²) in [7, 11) is -3.82. The molecule has 4 rings (SSSR count). The molecule has 3 aromatic rings. The Bertz CT molecular complexity index is 1270. The fourth-order valence-electron chi connectivity index (χ4n) is 4.13. The van der Waals surface area contributed by atoms with Gasteiger partial charge in [-0.3, -0.25) is 13.8 Å². The van der Waals surface area contributed by atoms with Crippen LogP contribution < -0.4 is 9.62 Å². The van der Waals surface area contributed by atoms with Crippen molar-refractivity contribution in [1.82, 2.24) is 15.1 Å². The van der Waals surface area contributed by atoms with Crippen LogP contribution in [0.1, 0.15) is 35.5 Å². The maximum absolute atomic E-state index is 13.5. The molecule has 0 bridgehead atoms. The molecule has 0 saturated carbocycles. The third-order valence-electron chi connectivity index (χ3n) is 5.75. The van der Waals surface area contributed by atoms with Crippen molar-refractivity contribution in [1.29, 1.82) is 0 Å². The highest BCUT2D eigenvalue weighted by Gasteiger charge is 2.35. The number of nitrogens with zero attached hydrogens (tertiary/aromatic N) is 3. The Balaban J connectivity index is 1.54. The summed E-state index contributed by atoms with van der Waals surface area (Å²) in [4.78, 5) is 12.7. The minimum Gasteiger partial charge on any atom is -0.348 e. The molecule has 7 nitrogen and oxygen atoms in total. The van der Waals surface area contributed by atoms with Crippen molar-refractivity contribution in [2.45, 2.75) is 44.7 Å². The molecule has 1 amide bonds. The molecule has 1 aromatic heterocycles.